The Morgan fingerprint density at radius 3 is 2.38 bits per heavy atom. The van der Waals surface area contributed by atoms with Gasteiger partial charge in [0.05, 0.1) is 0 Å². The van der Waals surface area contributed by atoms with Crippen LogP contribution in [0.1, 0.15) is 44.2 Å². The standard InChI is InChI=1S/C21H24BrNO3/c1-21(2,3)23-20(24)26-19-12-18(19)15-6-10-17(11-7-15)25-13-14-4-8-16(22)9-5-14/h4-11,18-19H,12-13H2,1-3H3,(H,23,24)/t18-,19+/m0/s1. The second-order valence-electron chi connectivity index (χ2n) is 7.65. The van der Waals surface area contributed by atoms with Gasteiger partial charge < -0.3 is 14.8 Å². The number of hydrogen-bond acceptors (Lipinski definition) is 3. The summed E-state index contributed by atoms with van der Waals surface area (Å²) in [5.74, 6) is 1.11. The predicted octanol–water partition coefficient (Wildman–Crippen LogP) is 5.41. The minimum Gasteiger partial charge on any atom is -0.489 e. The zero-order valence-corrected chi connectivity index (χ0v) is 16.9. The normalized spacial score (nSPS) is 18.9. The summed E-state index contributed by atoms with van der Waals surface area (Å²) in [6.07, 6.45) is 0.489. The fraction of sp³-hybridized carbons (Fsp3) is 0.381. The number of alkyl carbamates (subject to hydrolysis) is 1. The molecule has 0 spiro atoms. The van der Waals surface area contributed by atoms with Gasteiger partial charge in [-0.1, -0.05) is 40.2 Å². The summed E-state index contributed by atoms with van der Waals surface area (Å²) in [5, 5.41) is 2.82. The van der Waals surface area contributed by atoms with Crippen LogP contribution in [0.15, 0.2) is 53.0 Å². The average molecular weight is 418 g/mol. The van der Waals surface area contributed by atoms with Crippen molar-refractivity contribution in [2.24, 2.45) is 0 Å². The third-order valence-corrected chi connectivity index (χ3v) is 4.62. The van der Waals surface area contributed by atoms with Gasteiger partial charge in [0, 0.05) is 15.9 Å². The first-order chi connectivity index (χ1) is 12.3. The Kier molecular flexibility index (Phi) is 5.56. The van der Waals surface area contributed by atoms with Gasteiger partial charge in [-0.15, -0.1) is 0 Å². The van der Waals surface area contributed by atoms with Crippen LogP contribution < -0.4 is 10.1 Å². The first-order valence-corrected chi connectivity index (χ1v) is 9.55. The van der Waals surface area contributed by atoms with Crippen LogP contribution >= 0.6 is 15.9 Å². The fourth-order valence-electron chi connectivity index (χ4n) is 2.68. The Bertz CT molecular complexity index is 750. The van der Waals surface area contributed by atoms with Crippen LogP contribution in [-0.4, -0.2) is 17.7 Å². The molecule has 1 saturated carbocycles. The third kappa shape index (κ3) is 5.49. The number of rotatable bonds is 5. The molecule has 2 aromatic rings. The lowest BCUT2D eigenvalue weighted by Crippen LogP contribution is -2.41. The molecule has 138 valence electrons. The molecule has 1 N–H and O–H groups in total. The quantitative estimate of drug-likeness (QED) is 0.707. The summed E-state index contributed by atoms with van der Waals surface area (Å²) in [5.41, 5.74) is 2.02. The van der Waals surface area contributed by atoms with Crippen molar-refractivity contribution in [1.82, 2.24) is 5.32 Å². The number of hydrogen-bond donors (Lipinski definition) is 1. The monoisotopic (exact) mass is 417 g/mol. The molecule has 2 atom stereocenters. The van der Waals surface area contributed by atoms with Gasteiger partial charge in [-0.25, -0.2) is 4.79 Å². The van der Waals surface area contributed by atoms with E-state index in [1.807, 2.05) is 69.3 Å². The molecule has 3 rings (SSSR count). The SMILES string of the molecule is CC(C)(C)NC(=O)O[C@@H]1C[C@H]1c1ccc(OCc2ccc(Br)cc2)cc1. The number of amides is 1. The summed E-state index contributed by atoms with van der Waals surface area (Å²) >= 11 is 3.43. The summed E-state index contributed by atoms with van der Waals surface area (Å²) in [7, 11) is 0. The number of benzene rings is 2. The molecule has 0 radical (unpaired) electrons. The van der Waals surface area contributed by atoms with Crippen LogP contribution in [0.25, 0.3) is 0 Å². The molecule has 2 aromatic carbocycles. The maximum Gasteiger partial charge on any atom is 0.407 e. The van der Waals surface area contributed by atoms with Gasteiger partial charge in [-0.05, 0) is 62.6 Å². The van der Waals surface area contributed by atoms with Crippen molar-refractivity contribution in [3.8, 4) is 5.75 Å². The predicted molar refractivity (Wildman–Crippen MR) is 105 cm³/mol. The molecule has 0 aromatic heterocycles. The van der Waals surface area contributed by atoms with Gasteiger partial charge in [0.25, 0.3) is 0 Å². The molecule has 1 aliphatic rings. The van der Waals surface area contributed by atoms with Gasteiger partial charge in [-0.2, -0.15) is 0 Å². The molecule has 0 unspecified atom stereocenters. The smallest absolute Gasteiger partial charge is 0.407 e. The Morgan fingerprint density at radius 2 is 1.77 bits per heavy atom. The molecule has 26 heavy (non-hydrogen) atoms. The lowest BCUT2D eigenvalue weighted by Gasteiger charge is -2.20. The van der Waals surface area contributed by atoms with Gasteiger partial charge in [0.1, 0.15) is 18.5 Å². The highest BCUT2D eigenvalue weighted by molar-refractivity contribution is 9.10. The van der Waals surface area contributed by atoms with Crippen LogP contribution in [-0.2, 0) is 11.3 Å². The Balaban J connectivity index is 1.48. The summed E-state index contributed by atoms with van der Waals surface area (Å²) < 4.78 is 12.3. The largest absolute Gasteiger partial charge is 0.489 e. The number of carbonyl (C=O) groups is 1. The lowest BCUT2D eigenvalue weighted by atomic mass is 10.1. The van der Waals surface area contributed by atoms with E-state index in [1.54, 1.807) is 0 Å². The molecule has 0 saturated heterocycles. The molecular formula is C21H24BrNO3. The second-order valence-corrected chi connectivity index (χ2v) is 8.56. The van der Waals surface area contributed by atoms with Gasteiger partial charge in [0.2, 0.25) is 0 Å². The van der Waals surface area contributed by atoms with E-state index >= 15 is 0 Å². The van der Waals surface area contributed by atoms with Crippen LogP contribution in [0.3, 0.4) is 0 Å². The van der Waals surface area contributed by atoms with E-state index in [0.717, 1.165) is 22.2 Å². The average Bonchev–Trinajstić information content (AvgIpc) is 3.32. The van der Waals surface area contributed by atoms with Crippen molar-refractivity contribution in [3.05, 3.63) is 64.1 Å². The molecule has 1 amide bonds. The Morgan fingerprint density at radius 1 is 1.12 bits per heavy atom. The number of ether oxygens (including phenoxy) is 2. The molecule has 1 fully saturated rings. The second kappa shape index (κ2) is 7.70. The fourth-order valence-corrected chi connectivity index (χ4v) is 2.95. The maximum atomic E-state index is 11.8. The highest BCUT2D eigenvalue weighted by Crippen LogP contribution is 2.43. The van der Waals surface area contributed by atoms with Crippen LogP contribution in [0.4, 0.5) is 4.79 Å². The molecule has 4 nitrogen and oxygen atoms in total. The molecule has 0 heterocycles. The molecule has 0 aliphatic heterocycles. The number of nitrogens with one attached hydrogen (secondary N) is 1. The van der Waals surface area contributed by atoms with E-state index in [4.69, 9.17) is 9.47 Å². The highest BCUT2D eigenvalue weighted by atomic mass is 79.9. The van der Waals surface area contributed by atoms with Crippen molar-refractivity contribution < 1.29 is 14.3 Å². The summed E-state index contributed by atoms with van der Waals surface area (Å²) in [4.78, 5) is 11.8. The maximum absolute atomic E-state index is 11.8. The van der Waals surface area contributed by atoms with Crippen molar-refractivity contribution in [2.75, 3.05) is 0 Å². The van der Waals surface area contributed by atoms with Crippen molar-refractivity contribution in [2.45, 2.75) is 51.4 Å². The summed E-state index contributed by atoms with van der Waals surface area (Å²) in [6.45, 7) is 6.34. The molecular weight excluding hydrogens is 394 g/mol. The Labute approximate surface area is 163 Å². The summed E-state index contributed by atoms with van der Waals surface area (Å²) in [6, 6.07) is 16.1. The lowest BCUT2D eigenvalue weighted by molar-refractivity contribution is 0.128. The zero-order valence-electron chi connectivity index (χ0n) is 15.3. The number of halogens is 1. The molecule has 1 aliphatic carbocycles. The van der Waals surface area contributed by atoms with Crippen LogP contribution in [0, 0.1) is 0 Å². The zero-order chi connectivity index (χ0) is 18.7. The first kappa shape index (κ1) is 18.8. The highest BCUT2D eigenvalue weighted by Gasteiger charge is 2.42. The molecule has 5 heteroatoms. The van der Waals surface area contributed by atoms with Crippen molar-refractivity contribution in [3.63, 3.8) is 0 Å². The van der Waals surface area contributed by atoms with Crippen LogP contribution in [0.5, 0.6) is 5.75 Å². The molecule has 0 bridgehead atoms. The van der Waals surface area contributed by atoms with E-state index in [1.165, 1.54) is 5.56 Å². The minimum atomic E-state index is -0.348. The van der Waals surface area contributed by atoms with E-state index in [9.17, 15) is 4.79 Å². The minimum absolute atomic E-state index is 0.0353. The topological polar surface area (TPSA) is 47.6 Å². The number of carbonyl (C=O) groups excluding carboxylic acids is 1. The Hall–Kier alpha value is -2.01. The van der Waals surface area contributed by atoms with Gasteiger partial charge in [0.15, 0.2) is 0 Å². The van der Waals surface area contributed by atoms with Crippen molar-refractivity contribution >= 4 is 22.0 Å². The van der Waals surface area contributed by atoms with Gasteiger partial charge >= 0.3 is 6.09 Å². The van der Waals surface area contributed by atoms with Crippen molar-refractivity contribution in [1.29, 1.82) is 0 Å². The van der Waals surface area contributed by atoms with E-state index in [2.05, 4.69) is 21.2 Å². The van der Waals surface area contributed by atoms with E-state index in [0.29, 0.717) is 6.61 Å². The third-order valence-electron chi connectivity index (χ3n) is 4.09. The van der Waals surface area contributed by atoms with Gasteiger partial charge in [-0.3, -0.25) is 0 Å². The van der Waals surface area contributed by atoms with E-state index in [-0.39, 0.29) is 23.7 Å². The van der Waals surface area contributed by atoms with Crippen LogP contribution in [0.2, 0.25) is 0 Å². The van der Waals surface area contributed by atoms with E-state index < -0.39 is 0 Å². The first-order valence-electron chi connectivity index (χ1n) is 8.76.